The van der Waals surface area contributed by atoms with Gasteiger partial charge >= 0.3 is 5.97 Å². The second-order valence-corrected chi connectivity index (χ2v) is 4.28. The fourth-order valence-corrected chi connectivity index (χ4v) is 1.87. The van der Waals surface area contributed by atoms with Gasteiger partial charge in [-0.2, -0.15) is 0 Å². The lowest BCUT2D eigenvalue weighted by Crippen LogP contribution is -2.21. The molecule has 0 spiro atoms. The van der Waals surface area contributed by atoms with Gasteiger partial charge in [0.1, 0.15) is 0 Å². The highest BCUT2D eigenvalue weighted by Gasteiger charge is 2.05. The highest BCUT2D eigenvalue weighted by atomic mass is 16.5. The summed E-state index contributed by atoms with van der Waals surface area (Å²) in [5.74, 6) is -0.361. The van der Waals surface area contributed by atoms with Crippen molar-refractivity contribution in [2.24, 2.45) is 0 Å². The molecule has 0 aliphatic carbocycles. The largest absolute Gasteiger partial charge is 0.465 e. The van der Waals surface area contributed by atoms with E-state index in [1.165, 1.54) is 13.2 Å². The van der Waals surface area contributed by atoms with Gasteiger partial charge in [0.05, 0.1) is 19.2 Å². The second kappa shape index (κ2) is 5.52. The maximum atomic E-state index is 11.8. The summed E-state index contributed by atoms with van der Waals surface area (Å²) < 4.78 is 6.33. The second-order valence-electron chi connectivity index (χ2n) is 4.28. The fraction of sp³-hybridized carbons (Fsp3) is 0.200. The molecular formula is C15H15NO3. The fourth-order valence-electron chi connectivity index (χ4n) is 1.87. The molecule has 0 bridgehead atoms. The third-order valence-corrected chi connectivity index (χ3v) is 2.98. The SMILES string of the molecule is COC(=O)c1ccc(Cn2c(C)cccc2=O)cc1. The zero-order valence-electron chi connectivity index (χ0n) is 10.9. The van der Waals surface area contributed by atoms with Gasteiger partial charge in [-0.3, -0.25) is 4.79 Å². The molecule has 19 heavy (non-hydrogen) atoms. The number of esters is 1. The van der Waals surface area contributed by atoms with Crippen LogP contribution in [0.3, 0.4) is 0 Å². The normalized spacial score (nSPS) is 10.2. The zero-order valence-corrected chi connectivity index (χ0v) is 10.9. The van der Waals surface area contributed by atoms with E-state index in [-0.39, 0.29) is 11.5 Å². The van der Waals surface area contributed by atoms with Crippen LogP contribution in [0.15, 0.2) is 47.3 Å². The van der Waals surface area contributed by atoms with E-state index < -0.39 is 0 Å². The average molecular weight is 257 g/mol. The van der Waals surface area contributed by atoms with Crippen LogP contribution >= 0.6 is 0 Å². The van der Waals surface area contributed by atoms with Gasteiger partial charge in [0.15, 0.2) is 0 Å². The Bertz CT molecular complexity index is 641. The van der Waals surface area contributed by atoms with Gasteiger partial charge in [0, 0.05) is 11.8 Å². The van der Waals surface area contributed by atoms with Crippen LogP contribution in [0.5, 0.6) is 0 Å². The lowest BCUT2D eigenvalue weighted by Gasteiger charge is -2.09. The molecule has 4 nitrogen and oxygen atoms in total. The van der Waals surface area contributed by atoms with Crippen molar-refractivity contribution in [2.45, 2.75) is 13.5 Å². The predicted molar refractivity (Wildman–Crippen MR) is 72.3 cm³/mol. The number of hydrogen-bond donors (Lipinski definition) is 0. The quantitative estimate of drug-likeness (QED) is 0.790. The van der Waals surface area contributed by atoms with Crippen LogP contribution in [-0.2, 0) is 11.3 Å². The highest BCUT2D eigenvalue weighted by molar-refractivity contribution is 5.89. The monoisotopic (exact) mass is 257 g/mol. The summed E-state index contributed by atoms with van der Waals surface area (Å²) in [6.45, 7) is 2.39. The Hall–Kier alpha value is -2.36. The molecule has 2 rings (SSSR count). The van der Waals surface area contributed by atoms with Crippen LogP contribution < -0.4 is 5.56 Å². The molecule has 1 aromatic carbocycles. The summed E-state index contributed by atoms with van der Waals surface area (Å²) in [6.07, 6.45) is 0. The Labute approximate surface area is 111 Å². The summed E-state index contributed by atoms with van der Waals surface area (Å²) in [7, 11) is 1.35. The molecule has 4 heteroatoms. The van der Waals surface area contributed by atoms with Crippen molar-refractivity contribution < 1.29 is 9.53 Å². The van der Waals surface area contributed by atoms with E-state index in [1.807, 2.05) is 25.1 Å². The molecule has 1 heterocycles. The van der Waals surface area contributed by atoms with Crippen molar-refractivity contribution in [3.63, 3.8) is 0 Å². The van der Waals surface area contributed by atoms with Crippen LogP contribution in [0.25, 0.3) is 0 Å². The molecule has 0 unspecified atom stereocenters. The van der Waals surface area contributed by atoms with Crippen molar-refractivity contribution in [2.75, 3.05) is 7.11 Å². The smallest absolute Gasteiger partial charge is 0.337 e. The van der Waals surface area contributed by atoms with Gasteiger partial charge in [-0.1, -0.05) is 18.2 Å². The summed E-state index contributed by atoms with van der Waals surface area (Å²) in [5.41, 5.74) is 2.34. The molecule has 1 aromatic heterocycles. The first-order chi connectivity index (χ1) is 9.11. The summed E-state index contributed by atoms with van der Waals surface area (Å²) >= 11 is 0. The van der Waals surface area contributed by atoms with Crippen LogP contribution in [0.1, 0.15) is 21.6 Å². The molecule has 0 aliphatic rings. The lowest BCUT2D eigenvalue weighted by atomic mass is 10.1. The minimum Gasteiger partial charge on any atom is -0.465 e. The molecule has 0 saturated heterocycles. The first-order valence-electron chi connectivity index (χ1n) is 5.95. The molecular weight excluding hydrogens is 242 g/mol. The Morgan fingerprint density at radius 2 is 1.84 bits per heavy atom. The molecule has 0 radical (unpaired) electrons. The van der Waals surface area contributed by atoms with Crippen LogP contribution in [-0.4, -0.2) is 17.6 Å². The molecule has 0 N–H and O–H groups in total. The first-order valence-corrected chi connectivity index (χ1v) is 5.95. The number of benzene rings is 1. The zero-order chi connectivity index (χ0) is 13.8. The number of carbonyl (C=O) groups excluding carboxylic acids is 1. The van der Waals surface area contributed by atoms with Crippen molar-refractivity contribution in [3.8, 4) is 0 Å². The minimum atomic E-state index is -0.361. The number of pyridine rings is 1. The first kappa shape index (κ1) is 13.1. The Morgan fingerprint density at radius 1 is 1.16 bits per heavy atom. The van der Waals surface area contributed by atoms with Crippen molar-refractivity contribution in [1.29, 1.82) is 0 Å². The van der Waals surface area contributed by atoms with Crippen LogP contribution in [0.2, 0.25) is 0 Å². The summed E-state index contributed by atoms with van der Waals surface area (Å²) in [6, 6.07) is 12.2. The van der Waals surface area contributed by atoms with E-state index in [1.54, 1.807) is 22.8 Å². The summed E-state index contributed by atoms with van der Waals surface area (Å²) in [5, 5.41) is 0. The molecule has 98 valence electrons. The highest BCUT2D eigenvalue weighted by Crippen LogP contribution is 2.08. The Balaban J connectivity index is 2.25. The number of rotatable bonds is 3. The molecule has 0 aliphatic heterocycles. The topological polar surface area (TPSA) is 48.3 Å². The summed E-state index contributed by atoms with van der Waals surface area (Å²) in [4.78, 5) is 23.1. The maximum Gasteiger partial charge on any atom is 0.337 e. The van der Waals surface area contributed by atoms with Crippen molar-refractivity contribution in [1.82, 2.24) is 4.57 Å². The lowest BCUT2D eigenvalue weighted by molar-refractivity contribution is 0.0600. The van der Waals surface area contributed by atoms with Crippen molar-refractivity contribution >= 4 is 5.97 Å². The molecule has 0 fully saturated rings. The maximum absolute atomic E-state index is 11.8. The number of carbonyl (C=O) groups is 1. The number of ether oxygens (including phenoxy) is 1. The van der Waals surface area contributed by atoms with E-state index >= 15 is 0 Å². The predicted octanol–water partition coefficient (Wildman–Crippen LogP) is 1.99. The number of nitrogens with zero attached hydrogens (tertiary/aromatic N) is 1. The van der Waals surface area contributed by atoms with Gasteiger partial charge in [-0.05, 0) is 30.7 Å². The van der Waals surface area contributed by atoms with Gasteiger partial charge < -0.3 is 9.30 Å². The number of aryl methyl sites for hydroxylation is 1. The molecule has 0 amide bonds. The van der Waals surface area contributed by atoms with E-state index in [4.69, 9.17) is 0 Å². The Kier molecular flexibility index (Phi) is 3.80. The number of aromatic nitrogens is 1. The number of methoxy groups -OCH3 is 1. The van der Waals surface area contributed by atoms with Gasteiger partial charge in [0.2, 0.25) is 0 Å². The van der Waals surface area contributed by atoms with Crippen LogP contribution in [0, 0.1) is 6.92 Å². The van der Waals surface area contributed by atoms with Gasteiger partial charge in [-0.25, -0.2) is 4.79 Å². The molecule has 2 aromatic rings. The standard InChI is InChI=1S/C15H15NO3/c1-11-4-3-5-14(17)16(11)10-12-6-8-13(9-7-12)15(18)19-2/h3-9H,10H2,1-2H3. The minimum absolute atomic E-state index is 0.0305. The molecule has 0 saturated carbocycles. The third-order valence-electron chi connectivity index (χ3n) is 2.98. The third kappa shape index (κ3) is 2.91. The van der Waals surface area contributed by atoms with Crippen LogP contribution in [0.4, 0.5) is 0 Å². The molecule has 0 atom stereocenters. The van der Waals surface area contributed by atoms with E-state index in [0.29, 0.717) is 12.1 Å². The van der Waals surface area contributed by atoms with Crippen molar-refractivity contribution in [3.05, 3.63) is 69.6 Å². The van der Waals surface area contributed by atoms with E-state index in [2.05, 4.69) is 4.74 Å². The number of hydrogen-bond acceptors (Lipinski definition) is 3. The average Bonchev–Trinajstić information content (AvgIpc) is 2.43. The van der Waals surface area contributed by atoms with Gasteiger partial charge in [0.25, 0.3) is 5.56 Å². The van der Waals surface area contributed by atoms with E-state index in [9.17, 15) is 9.59 Å². The Morgan fingerprint density at radius 3 is 2.42 bits per heavy atom. The van der Waals surface area contributed by atoms with Gasteiger partial charge in [-0.15, -0.1) is 0 Å². The van der Waals surface area contributed by atoms with E-state index in [0.717, 1.165) is 11.3 Å².